The van der Waals surface area contributed by atoms with Gasteiger partial charge >= 0.3 is 0 Å². The van der Waals surface area contributed by atoms with Crippen LogP contribution in [0.4, 0.5) is 22.1 Å². The van der Waals surface area contributed by atoms with Gasteiger partial charge in [0.1, 0.15) is 17.6 Å². The molecule has 1 heterocycles. The Morgan fingerprint density at radius 2 is 1.47 bits per heavy atom. The van der Waals surface area contributed by atoms with Crippen molar-refractivity contribution in [2.24, 2.45) is 10.2 Å². The standard InChI is InChI=1S/C32H49N6O4S/c1-8-37(14-16-39-18-20-41-22-23-42-21-19-40-17-15-38(9-2,10-3)11-4)28-12-13-29(26(5)24-28)35-36-32-31(34-7)27(6)30(25-33)43-32/h12-13,24H,8-11,14-23H2,1-6H3/q+1/b36-35+. The number of anilines is 1. The largest absolute Gasteiger partial charge is 0.377 e. The molecule has 11 heteroatoms. The molecule has 0 bridgehead atoms. The molecule has 2 rings (SSSR count). The van der Waals surface area contributed by atoms with Crippen LogP contribution in [0.3, 0.4) is 0 Å². The van der Waals surface area contributed by atoms with Crippen LogP contribution in [0.15, 0.2) is 28.4 Å². The minimum absolute atomic E-state index is 0.392. The first kappa shape index (κ1) is 36.3. The van der Waals surface area contributed by atoms with Gasteiger partial charge in [-0.1, -0.05) is 0 Å². The van der Waals surface area contributed by atoms with Gasteiger partial charge < -0.3 is 28.3 Å². The maximum absolute atomic E-state index is 9.25. The minimum Gasteiger partial charge on any atom is -0.377 e. The van der Waals surface area contributed by atoms with Gasteiger partial charge in [0.15, 0.2) is 0 Å². The highest BCUT2D eigenvalue weighted by atomic mass is 32.1. The summed E-state index contributed by atoms with van der Waals surface area (Å²) >= 11 is 1.19. The number of nitriles is 1. The van der Waals surface area contributed by atoms with E-state index in [-0.39, 0.29) is 0 Å². The van der Waals surface area contributed by atoms with Crippen molar-refractivity contribution in [2.45, 2.75) is 41.5 Å². The third-order valence-electron chi connectivity index (χ3n) is 7.83. The Labute approximate surface area is 262 Å². The van der Waals surface area contributed by atoms with E-state index in [4.69, 9.17) is 25.5 Å². The highest BCUT2D eigenvalue weighted by Gasteiger charge is 2.20. The van der Waals surface area contributed by atoms with Crippen LogP contribution in [0.2, 0.25) is 0 Å². The molecule has 10 nitrogen and oxygen atoms in total. The van der Waals surface area contributed by atoms with E-state index in [1.807, 2.05) is 19.1 Å². The topological polar surface area (TPSA) is 93.0 Å². The van der Waals surface area contributed by atoms with Crippen LogP contribution >= 0.6 is 11.3 Å². The second-order valence-electron chi connectivity index (χ2n) is 10.1. The van der Waals surface area contributed by atoms with E-state index < -0.39 is 0 Å². The number of aryl methyl sites for hydroxylation is 1. The number of nitrogens with zero attached hydrogens (tertiary/aromatic N) is 6. The van der Waals surface area contributed by atoms with Crippen LogP contribution in [0.25, 0.3) is 4.85 Å². The number of thiophene rings is 1. The molecule has 1 aromatic carbocycles. The van der Waals surface area contributed by atoms with Crippen molar-refractivity contribution in [3.05, 3.63) is 45.6 Å². The molecular weight excluding hydrogens is 564 g/mol. The summed E-state index contributed by atoms with van der Waals surface area (Å²) in [5.41, 5.74) is 3.84. The summed E-state index contributed by atoms with van der Waals surface area (Å²) in [7, 11) is 0. The molecule has 0 saturated heterocycles. The van der Waals surface area contributed by atoms with E-state index in [1.54, 1.807) is 6.92 Å². The summed E-state index contributed by atoms with van der Waals surface area (Å²) in [5.74, 6) is 0. The molecule has 0 saturated carbocycles. The van der Waals surface area contributed by atoms with Crippen LogP contribution in [-0.2, 0) is 18.9 Å². The average molecular weight is 614 g/mol. The fraction of sp³-hybridized carbons (Fsp3) is 0.625. The van der Waals surface area contributed by atoms with Gasteiger partial charge in [-0.05, 0) is 70.9 Å². The lowest BCUT2D eigenvalue weighted by atomic mass is 10.1. The molecule has 0 amide bonds. The first-order valence-corrected chi connectivity index (χ1v) is 16.0. The van der Waals surface area contributed by atoms with Crippen LogP contribution < -0.4 is 4.90 Å². The van der Waals surface area contributed by atoms with Gasteiger partial charge in [0, 0.05) is 18.8 Å². The first-order chi connectivity index (χ1) is 20.9. The van der Waals surface area contributed by atoms with E-state index in [0.29, 0.717) is 67.4 Å². The van der Waals surface area contributed by atoms with Crippen LogP contribution in [0.5, 0.6) is 0 Å². The Morgan fingerprint density at radius 3 is 1.98 bits per heavy atom. The fourth-order valence-corrected chi connectivity index (χ4v) is 5.52. The molecule has 0 aliphatic rings. The minimum atomic E-state index is 0.392. The lowest BCUT2D eigenvalue weighted by molar-refractivity contribution is -0.923. The molecule has 0 aliphatic carbocycles. The molecule has 2 aromatic rings. The number of likely N-dealkylation sites (N-methyl/N-ethyl adjacent to an activating group) is 2. The highest BCUT2D eigenvalue weighted by molar-refractivity contribution is 7.17. The van der Waals surface area contributed by atoms with E-state index in [0.717, 1.165) is 67.3 Å². The number of hydrogen-bond donors (Lipinski definition) is 0. The Balaban J connectivity index is 1.62. The van der Waals surface area contributed by atoms with Crippen molar-refractivity contribution in [2.75, 3.05) is 97.0 Å². The van der Waals surface area contributed by atoms with E-state index in [1.165, 1.54) is 11.3 Å². The maximum Gasteiger partial charge on any atom is 0.229 e. The molecule has 0 spiro atoms. The SMILES string of the molecule is [C-]#[N+]c1c(/N=N/c2ccc(N(CC)CCOCCOCCOCCOCC[N+](CC)(CC)CC)cc2C)sc(C#N)c1C. The average Bonchev–Trinajstić information content (AvgIpc) is 3.34. The Bertz CT molecular complexity index is 1210. The van der Waals surface area contributed by atoms with Gasteiger partial charge in [-0.25, -0.2) is 4.85 Å². The predicted molar refractivity (Wildman–Crippen MR) is 173 cm³/mol. The zero-order valence-corrected chi connectivity index (χ0v) is 27.7. The van der Waals surface area contributed by atoms with Gasteiger partial charge in [0.25, 0.3) is 0 Å². The summed E-state index contributed by atoms with van der Waals surface area (Å²) in [6, 6.07) is 8.15. The Hall–Kier alpha value is -2.90. The molecule has 0 radical (unpaired) electrons. The maximum atomic E-state index is 9.25. The number of benzene rings is 1. The number of hydrogen-bond acceptors (Lipinski definition) is 9. The number of ether oxygens (including phenoxy) is 4. The third-order valence-corrected chi connectivity index (χ3v) is 8.90. The van der Waals surface area contributed by atoms with Crippen molar-refractivity contribution in [3.8, 4) is 6.07 Å². The van der Waals surface area contributed by atoms with Gasteiger partial charge in [-0.15, -0.1) is 11.3 Å². The van der Waals surface area contributed by atoms with Crippen molar-refractivity contribution >= 4 is 33.4 Å². The second-order valence-corrected chi connectivity index (χ2v) is 11.1. The van der Waals surface area contributed by atoms with Crippen molar-refractivity contribution in [3.63, 3.8) is 0 Å². The van der Waals surface area contributed by atoms with Crippen molar-refractivity contribution < 1.29 is 23.4 Å². The molecule has 0 aliphatic heterocycles. The lowest BCUT2D eigenvalue weighted by Gasteiger charge is -2.35. The van der Waals surface area contributed by atoms with Gasteiger partial charge in [-0.3, -0.25) is 0 Å². The molecule has 1 aromatic heterocycles. The predicted octanol–water partition coefficient (Wildman–Crippen LogP) is 6.97. The van der Waals surface area contributed by atoms with Crippen LogP contribution in [0.1, 0.15) is 43.7 Å². The highest BCUT2D eigenvalue weighted by Crippen LogP contribution is 2.42. The van der Waals surface area contributed by atoms with E-state index in [9.17, 15) is 5.26 Å². The zero-order valence-electron chi connectivity index (χ0n) is 26.9. The van der Waals surface area contributed by atoms with E-state index in [2.05, 4.69) is 59.8 Å². The second kappa shape index (κ2) is 20.1. The van der Waals surface area contributed by atoms with Gasteiger partial charge in [-0.2, -0.15) is 15.5 Å². The Kier molecular flexibility index (Phi) is 17.0. The summed E-state index contributed by atoms with van der Waals surface area (Å²) in [6.07, 6.45) is 0. The van der Waals surface area contributed by atoms with Crippen molar-refractivity contribution in [1.82, 2.24) is 0 Å². The van der Waals surface area contributed by atoms with Crippen LogP contribution in [-0.4, -0.2) is 96.6 Å². The lowest BCUT2D eigenvalue weighted by Crippen LogP contribution is -2.49. The van der Waals surface area contributed by atoms with Crippen LogP contribution in [0, 0.1) is 31.8 Å². The number of quaternary nitrogens is 1. The number of azo groups is 1. The third kappa shape index (κ3) is 11.6. The summed E-state index contributed by atoms with van der Waals surface area (Å²) in [6.45, 7) is 30.8. The summed E-state index contributed by atoms with van der Waals surface area (Å²) < 4.78 is 23.9. The molecule has 236 valence electrons. The molecule has 43 heavy (non-hydrogen) atoms. The molecule has 0 unspecified atom stereocenters. The summed E-state index contributed by atoms with van der Waals surface area (Å²) in [5, 5.41) is 18.4. The molecule has 0 atom stereocenters. The van der Waals surface area contributed by atoms with Gasteiger partial charge in [0.2, 0.25) is 5.69 Å². The van der Waals surface area contributed by atoms with Crippen molar-refractivity contribution in [1.29, 1.82) is 5.26 Å². The molecular formula is C32H49N6O4S+. The molecule has 0 N–H and O–H groups in total. The number of rotatable bonds is 22. The van der Waals surface area contributed by atoms with E-state index >= 15 is 0 Å². The summed E-state index contributed by atoms with van der Waals surface area (Å²) in [4.78, 5) is 6.27. The Morgan fingerprint density at radius 1 is 0.884 bits per heavy atom. The van der Waals surface area contributed by atoms with Gasteiger partial charge in [0.05, 0.1) is 89.6 Å². The smallest absolute Gasteiger partial charge is 0.229 e. The first-order valence-electron chi connectivity index (χ1n) is 15.2. The quantitative estimate of drug-likeness (QED) is 0.0616. The molecule has 0 fully saturated rings. The zero-order chi connectivity index (χ0) is 31.5. The monoisotopic (exact) mass is 613 g/mol. The fourth-order valence-electron chi connectivity index (χ4n) is 4.65. The normalized spacial score (nSPS) is 11.6.